The Bertz CT molecular complexity index is 1070. The molecule has 0 saturated carbocycles. The van der Waals surface area contributed by atoms with Crippen molar-refractivity contribution in [2.24, 2.45) is 0 Å². The van der Waals surface area contributed by atoms with Crippen LogP contribution in [0.1, 0.15) is 21.7 Å². The highest BCUT2D eigenvalue weighted by atomic mass is 32.2. The Kier molecular flexibility index (Phi) is 5.27. The highest BCUT2D eigenvalue weighted by Gasteiger charge is 2.25. The smallest absolute Gasteiger partial charge is 0.243 e. The Balaban J connectivity index is 1.85. The molecule has 0 atom stereocenters. The quantitative estimate of drug-likeness (QED) is 0.589. The molecule has 0 N–H and O–H groups in total. The average molecular weight is 407 g/mol. The van der Waals surface area contributed by atoms with Gasteiger partial charge in [-0.25, -0.2) is 17.8 Å². The monoisotopic (exact) mass is 407 g/mol. The van der Waals surface area contributed by atoms with Gasteiger partial charge >= 0.3 is 0 Å². The van der Waals surface area contributed by atoms with Crippen LogP contribution in [0.15, 0.2) is 46.8 Å². The van der Waals surface area contributed by atoms with Crippen molar-refractivity contribution in [1.29, 1.82) is 0 Å². The van der Waals surface area contributed by atoms with Gasteiger partial charge < -0.3 is 0 Å². The van der Waals surface area contributed by atoms with Gasteiger partial charge in [0, 0.05) is 35.6 Å². The number of aryl methyl sites for hydroxylation is 1. The van der Waals surface area contributed by atoms with Crippen LogP contribution in [0.4, 0.5) is 4.39 Å². The number of hydrogen-bond donors (Lipinski definition) is 0. The molecule has 0 aliphatic carbocycles. The molecule has 0 bridgehead atoms. The second-order valence-corrected chi connectivity index (χ2v) is 8.99. The molecule has 0 radical (unpaired) electrons. The molecule has 9 heteroatoms. The molecule has 2 heterocycles. The maximum Gasteiger partial charge on any atom is 0.243 e. The molecule has 3 rings (SSSR count). The number of carbonyl (C=O) groups is 1. The summed E-state index contributed by atoms with van der Waals surface area (Å²) >= 11 is 1.45. The Labute approximate surface area is 160 Å². The molecule has 0 amide bonds. The van der Waals surface area contributed by atoms with Crippen LogP contribution in [-0.4, -0.2) is 41.6 Å². The molecule has 142 valence electrons. The van der Waals surface area contributed by atoms with Crippen molar-refractivity contribution in [2.75, 3.05) is 13.6 Å². The lowest BCUT2D eigenvalue weighted by Crippen LogP contribution is -2.32. The van der Waals surface area contributed by atoms with E-state index in [0.29, 0.717) is 11.3 Å². The summed E-state index contributed by atoms with van der Waals surface area (Å²) in [6, 6.07) is 6.24. The number of sulfonamides is 1. The number of ketones is 1. The van der Waals surface area contributed by atoms with Gasteiger partial charge in [0.05, 0.1) is 11.4 Å². The number of halogens is 1. The van der Waals surface area contributed by atoms with Gasteiger partial charge in [-0.05, 0) is 44.2 Å². The summed E-state index contributed by atoms with van der Waals surface area (Å²) in [5.74, 6) is -0.846. The van der Waals surface area contributed by atoms with Crippen LogP contribution in [0.25, 0.3) is 5.13 Å². The van der Waals surface area contributed by atoms with E-state index in [-0.39, 0.29) is 17.2 Å². The fourth-order valence-electron chi connectivity index (χ4n) is 2.82. The lowest BCUT2D eigenvalue weighted by atomic mass is 10.1. The second kappa shape index (κ2) is 7.34. The van der Waals surface area contributed by atoms with Crippen molar-refractivity contribution in [1.82, 2.24) is 13.9 Å². The Morgan fingerprint density at radius 1 is 1.26 bits per heavy atom. The first-order chi connectivity index (χ1) is 12.7. The van der Waals surface area contributed by atoms with Gasteiger partial charge in [-0.2, -0.15) is 4.31 Å². The maximum absolute atomic E-state index is 13.0. The Hall–Kier alpha value is -2.36. The third-order valence-electron chi connectivity index (χ3n) is 4.23. The predicted molar refractivity (Wildman–Crippen MR) is 101 cm³/mol. The van der Waals surface area contributed by atoms with Gasteiger partial charge in [-0.15, -0.1) is 11.3 Å². The van der Waals surface area contributed by atoms with Crippen LogP contribution in [0.5, 0.6) is 0 Å². The van der Waals surface area contributed by atoms with E-state index in [9.17, 15) is 17.6 Å². The number of rotatable bonds is 6. The van der Waals surface area contributed by atoms with E-state index in [1.165, 1.54) is 30.5 Å². The number of benzene rings is 1. The Morgan fingerprint density at radius 2 is 1.93 bits per heavy atom. The van der Waals surface area contributed by atoms with Gasteiger partial charge in [0.25, 0.3) is 0 Å². The van der Waals surface area contributed by atoms with E-state index >= 15 is 0 Å². The summed E-state index contributed by atoms with van der Waals surface area (Å²) in [5, 5.41) is 2.59. The molecule has 0 unspecified atom stereocenters. The molecule has 0 aliphatic rings. The number of carbonyl (C=O) groups excluding carboxylic acids is 1. The zero-order chi connectivity index (χ0) is 19.8. The largest absolute Gasteiger partial charge is 0.294 e. The summed E-state index contributed by atoms with van der Waals surface area (Å²) in [7, 11) is -2.56. The fraction of sp³-hybridized carbons (Fsp3) is 0.222. The summed E-state index contributed by atoms with van der Waals surface area (Å²) in [4.78, 5) is 16.9. The molecule has 3 aromatic rings. The van der Waals surface area contributed by atoms with Gasteiger partial charge in [-0.1, -0.05) is 0 Å². The van der Waals surface area contributed by atoms with Crippen molar-refractivity contribution in [3.8, 4) is 5.13 Å². The lowest BCUT2D eigenvalue weighted by molar-refractivity contribution is 0.0972. The molecular formula is C18H18FN3O3S2. The van der Waals surface area contributed by atoms with Crippen LogP contribution in [0.3, 0.4) is 0 Å². The number of likely N-dealkylation sites (N-methyl/N-ethyl adjacent to an activating group) is 1. The van der Waals surface area contributed by atoms with Crippen LogP contribution in [-0.2, 0) is 10.0 Å². The first kappa shape index (κ1) is 19.4. The minimum Gasteiger partial charge on any atom is -0.294 e. The average Bonchev–Trinajstić information content (AvgIpc) is 3.23. The number of Topliss-reactive ketones (excluding diaryl/α,β-unsaturated/α-hetero) is 1. The highest BCUT2D eigenvalue weighted by molar-refractivity contribution is 7.89. The van der Waals surface area contributed by atoms with Crippen LogP contribution < -0.4 is 0 Å². The SMILES string of the molecule is Cc1cc(C(=O)CN(C)S(=O)(=O)c2ccc(F)cc2)c(C)n1-c1nccs1. The van der Waals surface area contributed by atoms with Crippen molar-refractivity contribution in [3.05, 3.63) is 64.7 Å². The molecule has 0 fully saturated rings. The molecule has 27 heavy (non-hydrogen) atoms. The number of thiazole rings is 1. The molecule has 0 saturated heterocycles. The number of hydrogen-bond acceptors (Lipinski definition) is 5. The summed E-state index contributed by atoms with van der Waals surface area (Å²) in [6.07, 6.45) is 1.68. The van der Waals surface area contributed by atoms with Crippen molar-refractivity contribution >= 4 is 27.1 Å². The highest BCUT2D eigenvalue weighted by Crippen LogP contribution is 2.23. The van der Waals surface area contributed by atoms with Gasteiger partial charge in [0.1, 0.15) is 5.82 Å². The molecule has 1 aromatic carbocycles. The van der Waals surface area contributed by atoms with E-state index in [4.69, 9.17) is 0 Å². The van der Waals surface area contributed by atoms with Gasteiger partial charge in [-0.3, -0.25) is 9.36 Å². The van der Waals surface area contributed by atoms with E-state index in [0.717, 1.165) is 27.3 Å². The third kappa shape index (κ3) is 3.71. The van der Waals surface area contributed by atoms with Crippen LogP contribution in [0, 0.1) is 19.7 Å². The first-order valence-electron chi connectivity index (χ1n) is 8.05. The van der Waals surface area contributed by atoms with E-state index in [2.05, 4.69) is 4.98 Å². The van der Waals surface area contributed by atoms with Crippen molar-refractivity contribution in [3.63, 3.8) is 0 Å². The van der Waals surface area contributed by atoms with Gasteiger partial charge in [0.15, 0.2) is 10.9 Å². The minimum atomic E-state index is -3.89. The molecule has 0 aliphatic heterocycles. The zero-order valence-electron chi connectivity index (χ0n) is 15.0. The standard InChI is InChI=1S/C18H18FN3O3S2/c1-12-10-16(13(2)22(12)18-20-8-9-26-18)17(23)11-21(3)27(24,25)15-6-4-14(19)5-7-15/h4-10H,11H2,1-3H3. The van der Waals surface area contributed by atoms with E-state index < -0.39 is 15.8 Å². The summed E-state index contributed by atoms with van der Waals surface area (Å²) in [6.45, 7) is 3.35. The molecule has 0 spiro atoms. The van der Waals surface area contributed by atoms with Crippen molar-refractivity contribution in [2.45, 2.75) is 18.7 Å². The second-order valence-electron chi connectivity index (χ2n) is 6.07. The molecule has 2 aromatic heterocycles. The Morgan fingerprint density at radius 3 is 2.52 bits per heavy atom. The molecule has 6 nitrogen and oxygen atoms in total. The minimum absolute atomic E-state index is 0.0625. The fourth-order valence-corrected chi connectivity index (χ4v) is 4.70. The molecular weight excluding hydrogens is 389 g/mol. The first-order valence-corrected chi connectivity index (χ1v) is 10.4. The van der Waals surface area contributed by atoms with Gasteiger partial charge in [0.2, 0.25) is 10.0 Å². The lowest BCUT2D eigenvalue weighted by Gasteiger charge is -2.16. The zero-order valence-corrected chi connectivity index (χ0v) is 16.6. The summed E-state index contributed by atoms with van der Waals surface area (Å²) < 4.78 is 41.1. The third-order valence-corrected chi connectivity index (χ3v) is 6.80. The maximum atomic E-state index is 13.0. The number of nitrogens with zero attached hydrogens (tertiary/aromatic N) is 3. The predicted octanol–water partition coefficient (Wildman–Crippen LogP) is 3.19. The van der Waals surface area contributed by atoms with E-state index in [1.54, 1.807) is 19.2 Å². The normalized spacial score (nSPS) is 11.9. The van der Waals surface area contributed by atoms with E-state index in [1.807, 2.05) is 16.9 Å². The topological polar surface area (TPSA) is 72.3 Å². The van der Waals surface area contributed by atoms with Crippen molar-refractivity contribution < 1.29 is 17.6 Å². The summed E-state index contributed by atoms with van der Waals surface area (Å²) in [5.41, 5.74) is 2.00. The number of aromatic nitrogens is 2. The van der Waals surface area contributed by atoms with Crippen LogP contribution >= 0.6 is 11.3 Å². The van der Waals surface area contributed by atoms with Crippen LogP contribution in [0.2, 0.25) is 0 Å².